The Morgan fingerprint density at radius 3 is 2.11 bits per heavy atom. The molecule has 202 valence electrons. The Bertz CT molecular complexity index is 976. The van der Waals surface area contributed by atoms with Crippen LogP contribution in [0, 0.1) is 0 Å². The van der Waals surface area contributed by atoms with Gasteiger partial charge in [-0.25, -0.2) is 10.2 Å². The molecule has 1 N–H and O–H groups in total. The van der Waals surface area contributed by atoms with Crippen molar-refractivity contribution in [1.29, 1.82) is 0 Å². The number of nitrogens with zero attached hydrogens (tertiary/aromatic N) is 1. The van der Waals surface area contributed by atoms with Crippen LogP contribution >= 0.6 is 15.9 Å². The average molecular weight is 574 g/mol. The number of amides is 1. The number of nitrogens with one attached hydrogen (secondary N) is 1. The summed E-state index contributed by atoms with van der Waals surface area (Å²) in [5, 5.41) is 4.07. The van der Waals surface area contributed by atoms with Crippen molar-refractivity contribution in [3.8, 4) is 11.5 Å². The van der Waals surface area contributed by atoms with Gasteiger partial charge in [0.25, 0.3) is 0 Å². The van der Waals surface area contributed by atoms with Crippen molar-refractivity contribution in [2.45, 2.75) is 90.9 Å². The summed E-state index contributed by atoms with van der Waals surface area (Å²) in [7, 11) is 0. The Hall–Kier alpha value is -2.67. The van der Waals surface area contributed by atoms with E-state index in [4.69, 9.17) is 9.47 Å². The van der Waals surface area contributed by atoms with Gasteiger partial charge in [0.2, 0.25) is 5.91 Å². The summed E-state index contributed by atoms with van der Waals surface area (Å²) in [5.74, 6) is 0.445. The number of unbranched alkanes of at least 4 members (excludes halogenated alkanes) is 10. The predicted molar refractivity (Wildman–Crippen MR) is 154 cm³/mol. The first-order chi connectivity index (χ1) is 18.0. The lowest BCUT2D eigenvalue weighted by atomic mass is 10.1. The third-order valence-corrected chi connectivity index (χ3v) is 6.47. The molecule has 7 heteroatoms. The summed E-state index contributed by atoms with van der Waals surface area (Å²) in [6, 6.07) is 12.0. The van der Waals surface area contributed by atoms with Gasteiger partial charge in [-0.1, -0.05) is 87.1 Å². The highest BCUT2D eigenvalue weighted by Crippen LogP contribution is 2.23. The molecular formula is C30H41BrN2O4. The smallest absolute Gasteiger partial charge is 0.343 e. The monoisotopic (exact) mass is 572 g/mol. The number of hydrogen-bond donors (Lipinski definition) is 1. The minimum Gasteiger partial charge on any atom is -0.494 e. The van der Waals surface area contributed by atoms with Crippen molar-refractivity contribution in [1.82, 2.24) is 5.43 Å². The second kappa shape index (κ2) is 18.6. The normalized spacial score (nSPS) is 11.0. The fraction of sp³-hybridized carbons (Fsp3) is 0.500. The highest BCUT2D eigenvalue weighted by atomic mass is 79.9. The van der Waals surface area contributed by atoms with Gasteiger partial charge in [0.15, 0.2) is 0 Å². The third kappa shape index (κ3) is 12.9. The fourth-order valence-corrected chi connectivity index (χ4v) is 4.28. The van der Waals surface area contributed by atoms with Gasteiger partial charge in [-0.3, -0.25) is 4.79 Å². The number of rotatable bonds is 18. The largest absolute Gasteiger partial charge is 0.494 e. The molecule has 0 saturated carbocycles. The van der Waals surface area contributed by atoms with E-state index in [0.717, 1.165) is 17.3 Å². The Kier molecular flexibility index (Phi) is 15.3. The number of ether oxygens (including phenoxy) is 2. The number of benzene rings is 2. The van der Waals surface area contributed by atoms with E-state index in [2.05, 4.69) is 33.4 Å². The molecule has 2 aromatic rings. The van der Waals surface area contributed by atoms with Crippen LogP contribution in [0.5, 0.6) is 11.5 Å². The van der Waals surface area contributed by atoms with E-state index < -0.39 is 5.97 Å². The van der Waals surface area contributed by atoms with Crippen LogP contribution in [0.25, 0.3) is 0 Å². The van der Waals surface area contributed by atoms with E-state index in [9.17, 15) is 9.59 Å². The fourth-order valence-electron chi connectivity index (χ4n) is 3.91. The zero-order chi connectivity index (χ0) is 26.7. The quantitative estimate of drug-likeness (QED) is 0.0641. The molecular weight excluding hydrogens is 532 g/mol. The summed E-state index contributed by atoms with van der Waals surface area (Å²) in [6.45, 7) is 4.71. The highest BCUT2D eigenvalue weighted by Gasteiger charge is 2.12. The maximum absolute atomic E-state index is 12.6. The summed E-state index contributed by atoms with van der Waals surface area (Å²) >= 11 is 3.43. The molecule has 0 aromatic heterocycles. The molecule has 0 aliphatic heterocycles. The molecule has 2 rings (SSSR count). The minimum atomic E-state index is -0.486. The van der Waals surface area contributed by atoms with Crippen LogP contribution < -0.4 is 14.9 Å². The van der Waals surface area contributed by atoms with E-state index in [0.29, 0.717) is 35.7 Å². The second-order valence-corrected chi connectivity index (χ2v) is 10.0. The van der Waals surface area contributed by atoms with Gasteiger partial charge in [-0.2, -0.15) is 5.10 Å². The van der Waals surface area contributed by atoms with Crippen molar-refractivity contribution in [2.24, 2.45) is 5.10 Å². The molecule has 37 heavy (non-hydrogen) atoms. The molecule has 0 spiro atoms. The molecule has 0 saturated heterocycles. The predicted octanol–water partition coefficient (Wildman–Crippen LogP) is 8.22. The number of halogens is 1. The van der Waals surface area contributed by atoms with Gasteiger partial charge >= 0.3 is 5.97 Å². The van der Waals surface area contributed by atoms with Crippen molar-refractivity contribution < 1.29 is 19.1 Å². The molecule has 6 nitrogen and oxygen atoms in total. The summed E-state index contributed by atoms with van der Waals surface area (Å²) < 4.78 is 11.8. The molecule has 0 aliphatic rings. The van der Waals surface area contributed by atoms with Crippen LogP contribution in [0.15, 0.2) is 52.0 Å². The van der Waals surface area contributed by atoms with Crippen LogP contribution in [-0.4, -0.2) is 24.7 Å². The molecule has 0 heterocycles. The van der Waals surface area contributed by atoms with E-state index in [1.54, 1.807) is 42.5 Å². The zero-order valence-electron chi connectivity index (χ0n) is 22.3. The molecule has 0 fully saturated rings. The first-order valence-electron chi connectivity index (χ1n) is 13.6. The van der Waals surface area contributed by atoms with Crippen LogP contribution in [0.3, 0.4) is 0 Å². The first kappa shape index (κ1) is 30.6. The third-order valence-electron chi connectivity index (χ3n) is 5.98. The Balaban J connectivity index is 1.72. The minimum absolute atomic E-state index is 0.116. The summed E-state index contributed by atoms with van der Waals surface area (Å²) in [5.41, 5.74) is 3.56. The lowest BCUT2D eigenvalue weighted by Crippen LogP contribution is -2.17. The van der Waals surface area contributed by atoms with Gasteiger partial charge in [-0.15, -0.1) is 0 Å². The van der Waals surface area contributed by atoms with Gasteiger partial charge in [-0.05, 0) is 55.8 Å². The average Bonchev–Trinajstić information content (AvgIpc) is 2.89. The topological polar surface area (TPSA) is 77.0 Å². The Morgan fingerprint density at radius 2 is 1.49 bits per heavy atom. The van der Waals surface area contributed by atoms with Crippen molar-refractivity contribution >= 4 is 34.0 Å². The van der Waals surface area contributed by atoms with E-state index in [1.807, 2.05) is 6.92 Å². The lowest BCUT2D eigenvalue weighted by Gasteiger charge is -2.09. The number of carbonyl (C=O) groups excluding carboxylic acids is 2. The summed E-state index contributed by atoms with van der Waals surface area (Å²) in [6.07, 6.45) is 15.6. The highest BCUT2D eigenvalue weighted by molar-refractivity contribution is 9.10. The van der Waals surface area contributed by atoms with Gasteiger partial charge in [0.1, 0.15) is 11.5 Å². The SMILES string of the molecule is CCCCCCCCCCCCCC(=O)NN=Cc1cc(Br)ccc1OC(=O)c1ccc(OCC)cc1. The molecule has 0 atom stereocenters. The number of carbonyl (C=O) groups is 2. The van der Waals surface area contributed by atoms with E-state index in [-0.39, 0.29) is 5.91 Å². The van der Waals surface area contributed by atoms with Crippen molar-refractivity contribution in [2.75, 3.05) is 6.61 Å². The van der Waals surface area contributed by atoms with Gasteiger partial charge in [0.05, 0.1) is 18.4 Å². The number of hydrazone groups is 1. The molecule has 2 aromatic carbocycles. The first-order valence-corrected chi connectivity index (χ1v) is 14.4. The maximum atomic E-state index is 12.6. The van der Waals surface area contributed by atoms with Crippen LogP contribution in [0.4, 0.5) is 0 Å². The van der Waals surface area contributed by atoms with Crippen molar-refractivity contribution in [3.63, 3.8) is 0 Å². The maximum Gasteiger partial charge on any atom is 0.343 e. The standard InChI is InChI=1S/C30H41BrN2O4/c1-3-5-6-7-8-9-10-11-12-13-14-15-29(34)33-32-23-25-22-26(31)18-21-28(25)37-30(35)24-16-19-27(20-17-24)36-4-2/h16-23H,3-15H2,1-2H3,(H,33,34). The Morgan fingerprint density at radius 1 is 0.865 bits per heavy atom. The summed E-state index contributed by atoms with van der Waals surface area (Å²) in [4.78, 5) is 24.7. The molecule has 0 radical (unpaired) electrons. The zero-order valence-corrected chi connectivity index (χ0v) is 23.9. The number of hydrogen-bond acceptors (Lipinski definition) is 5. The van der Waals surface area contributed by atoms with Crippen molar-refractivity contribution in [3.05, 3.63) is 58.1 Å². The lowest BCUT2D eigenvalue weighted by molar-refractivity contribution is -0.121. The van der Waals surface area contributed by atoms with E-state index in [1.165, 1.54) is 64.0 Å². The molecule has 1 amide bonds. The van der Waals surface area contributed by atoms with Gasteiger partial charge < -0.3 is 9.47 Å². The number of esters is 1. The van der Waals surface area contributed by atoms with Crippen LogP contribution in [0.1, 0.15) is 107 Å². The second-order valence-electron chi connectivity index (χ2n) is 9.11. The van der Waals surface area contributed by atoms with E-state index >= 15 is 0 Å². The molecule has 0 bridgehead atoms. The molecule has 0 aliphatic carbocycles. The van der Waals surface area contributed by atoms with Crippen LogP contribution in [0.2, 0.25) is 0 Å². The van der Waals surface area contributed by atoms with Gasteiger partial charge in [0, 0.05) is 16.5 Å². The Labute approximate surface area is 230 Å². The van der Waals surface area contributed by atoms with Crippen LogP contribution in [-0.2, 0) is 4.79 Å². The molecule has 0 unspecified atom stereocenters.